The van der Waals surface area contributed by atoms with Gasteiger partial charge in [-0.05, 0) is 82.3 Å². The Morgan fingerprint density at radius 2 is 1.79 bits per heavy atom. The second-order valence-electron chi connectivity index (χ2n) is 8.70. The van der Waals surface area contributed by atoms with Crippen LogP contribution in [-0.2, 0) is 10.2 Å². The van der Waals surface area contributed by atoms with Crippen molar-refractivity contribution in [1.29, 1.82) is 0 Å². The van der Waals surface area contributed by atoms with Crippen LogP contribution in [0.25, 0.3) is 0 Å². The van der Waals surface area contributed by atoms with Crippen molar-refractivity contribution in [3.05, 3.63) is 65.7 Å². The molecule has 3 heteroatoms. The molecule has 1 saturated heterocycles. The number of ether oxygens (including phenoxy) is 2. The standard InChI is InChI=1S/C25H33NO2/c1-20(2)28-23-12-10-21(11-13-23)18-26-16-14-25(22-8-6-5-7-9-22)15-17-27-24(3,4)19-25/h5-13,18,20H,14-17,19H2,1-4H3. The molecule has 3 rings (SSSR count). The van der Waals surface area contributed by atoms with Crippen molar-refractivity contribution in [2.45, 2.75) is 64.1 Å². The zero-order valence-electron chi connectivity index (χ0n) is 17.7. The molecule has 0 amide bonds. The van der Waals surface area contributed by atoms with Gasteiger partial charge in [-0.2, -0.15) is 0 Å². The third-order valence-electron chi connectivity index (χ3n) is 5.44. The third kappa shape index (κ3) is 5.45. The van der Waals surface area contributed by atoms with Crippen molar-refractivity contribution in [1.82, 2.24) is 0 Å². The van der Waals surface area contributed by atoms with Crippen LogP contribution >= 0.6 is 0 Å². The zero-order valence-corrected chi connectivity index (χ0v) is 17.7. The third-order valence-corrected chi connectivity index (χ3v) is 5.44. The summed E-state index contributed by atoms with van der Waals surface area (Å²) in [6.45, 7) is 10.1. The van der Waals surface area contributed by atoms with Gasteiger partial charge in [0.25, 0.3) is 0 Å². The lowest BCUT2D eigenvalue weighted by molar-refractivity contribution is -0.0836. The lowest BCUT2D eigenvalue weighted by Gasteiger charge is -2.45. The van der Waals surface area contributed by atoms with Crippen LogP contribution in [0.1, 0.15) is 58.1 Å². The van der Waals surface area contributed by atoms with E-state index in [0.717, 1.165) is 43.7 Å². The Hall–Kier alpha value is -2.13. The molecule has 0 aromatic heterocycles. The molecule has 0 saturated carbocycles. The molecule has 0 spiro atoms. The van der Waals surface area contributed by atoms with Gasteiger partial charge in [0.1, 0.15) is 5.75 Å². The molecule has 150 valence electrons. The van der Waals surface area contributed by atoms with Crippen LogP contribution in [0, 0.1) is 0 Å². The van der Waals surface area contributed by atoms with Crippen LogP contribution in [0.5, 0.6) is 5.75 Å². The molecule has 0 bridgehead atoms. The van der Waals surface area contributed by atoms with Gasteiger partial charge in [-0.15, -0.1) is 0 Å². The smallest absolute Gasteiger partial charge is 0.119 e. The molecular weight excluding hydrogens is 346 g/mol. The van der Waals surface area contributed by atoms with Gasteiger partial charge in [0.05, 0.1) is 11.7 Å². The molecule has 2 aromatic rings. The first-order valence-corrected chi connectivity index (χ1v) is 10.3. The molecular formula is C25H33NO2. The van der Waals surface area contributed by atoms with Crippen LogP contribution in [0.15, 0.2) is 59.6 Å². The average Bonchev–Trinajstić information content (AvgIpc) is 2.66. The lowest BCUT2D eigenvalue weighted by atomic mass is 9.67. The molecule has 2 aromatic carbocycles. The number of rotatable bonds is 7. The lowest BCUT2D eigenvalue weighted by Crippen LogP contribution is -2.44. The molecule has 3 nitrogen and oxygen atoms in total. The largest absolute Gasteiger partial charge is 0.491 e. The Kier molecular flexibility index (Phi) is 6.56. The van der Waals surface area contributed by atoms with E-state index < -0.39 is 0 Å². The molecule has 1 atom stereocenters. The van der Waals surface area contributed by atoms with E-state index in [0.29, 0.717) is 0 Å². The summed E-state index contributed by atoms with van der Waals surface area (Å²) in [4.78, 5) is 4.74. The SMILES string of the molecule is CC(C)Oc1ccc(C=NCCC2(c3ccccc3)CCOC(C)(C)C2)cc1. The normalized spacial score (nSPS) is 21.9. The van der Waals surface area contributed by atoms with Crippen LogP contribution in [0.2, 0.25) is 0 Å². The first-order chi connectivity index (χ1) is 13.4. The Labute approximate surface area is 169 Å². The maximum absolute atomic E-state index is 6.01. The van der Waals surface area contributed by atoms with Crippen LogP contribution in [-0.4, -0.2) is 31.1 Å². The van der Waals surface area contributed by atoms with Crippen molar-refractivity contribution in [3.63, 3.8) is 0 Å². The van der Waals surface area contributed by atoms with Crippen LogP contribution < -0.4 is 4.74 Å². The fourth-order valence-corrected chi connectivity index (χ4v) is 4.23. The number of hydrogen-bond acceptors (Lipinski definition) is 3. The quantitative estimate of drug-likeness (QED) is 0.568. The Bertz CT molecular complexity index is 765. The van der Waals surface area contributed by atoms with Gasteiger partial charge < -0.3 is 9.47 Å². The number of nitrogens with zero attached hydrogens (tertiary/aromatic N) is 1. The molecule has 28 heavy (non-hydrogen) atoms. The van der Waals surface area contributed by atoms with E-state index >= 15 is 0 Å². The highest BCUT2D eigenvalue weighted by Gasteiger charge is 2.41. The second kappa shape index (κ2) is 8.91. The molecule has 0 N–H and O–H groups in total. The predicted octanol–water partition coefficient (Wildman–Crippen LogP) is 5.81. The van der Waals surface area contributed by atoms with E-state index in [-0.39, 0.29) is 17.1 Å². The maximum atomic E-state index is 6.01. The minimum atomic E-state index is -0.0932. The molecule has 0 aliphatic carbocycles. The first-order valence-electron chi connectivity index (χ1n) is 10.3. The van der Waals surface area contributed by atoms with E-state index in [1.165, 1.54) is 5.56 Å². The van der Waals surface area contributed by atoms with Gasteiger partial charge in [-0.3, -0.25) is 4.99 Å². The zero-order chi connectivity index (χ0) is 20.0. The van der Waals surface area contributed by atoms with Gasteiger partial charge >= 0.3 is 0 Å². The fourth-order valence-electron chi connectivity index (χ4n) is 4.23. The number of hydrogen-bond donors (Lipinski definition) is 0. The molecule has 1 aliphatic rings. The summed E-state index contributed by atoms with van der Waals surface area (Å²) in [5, 5.41) is 0. The van der Waals surface area contributed by atoms with Gasteiger partial charge in [0.2, 0.25) is 0 Å². The summed E-state index contributed by atoms with van der Waals surface area (Å²) in [7, 11) is 0. The van der Waals surface area contributed by atoms with E-state index in [9.17, 15) is 0 Å². The summed E-state index contributed by atoms with van der Waals surface area (Å²) in [6.07, 6.45) is 5.28. The van der Waals surface area contributed by atoms with Crippen LogP contribution in [0.3, 0.4) is 0 Å². The summed E-state index contributed by atoms with van der Waals surface area (Å²) >= 11 is 0. The summed E-state index contributed by atoms with van der Waals surface area (Å²) in [6, 6.07) is 19.0. The fraction of sp³-hybridized carbons (Fsp3) is 0.480. The van der Waals surface area contributed by atoms with Crippen molar-refractivity contribution in [2.24, 2.45) is 4.99 Å². The average molecular weight is 380 g/mol. The molecule has 1 fully saturated rings. The highest BCUT2D eigenvalue weighted by atomic mass is 16.5. The van der Waals surface area contributed by atoms with E-state index in [1.54, 1.807) is 0 Å². The van der Waals surface area contributed by atoms with Crippen molar-refractivity contribution >= 4 is 6.21 Å². The van der Waals surface area contributed by atoms with E-state index in [4.69, 9.17) is 14.5 Å². The minimum Gasteiger partial charge on any atom is -0.491 e. The van der Waals surface area contributed by atoms with Gasteiger partial charge in [-0.25, -0.2) is 0 Å². The summed E-state index contributed by atoms with van der Waals surface area (Å²) < 4.78 is 11.7. The van der Waals surface area contributed by atoms with E-state index in [1.807, 2.05) is 32.2 Å². The second-order valence-corrected chi connectivity index (χ2v) is 8.70. The van der Waals surface area contributed by atoms with Gasteiger partial charge in [0, 0.05) is 24.8 Å². The monoisotopic (exact) mass is 379 g/mol. The number of benzene rings is 2. The highest BCUT2D eigenvalue weighted by molar-refractivity contribution is 5.79. The maximum Gasteiger partial charge on any atom is 0.119 e. The van der Waals surface area contributed by atoms with Crippen molar-refractivity contribution in [2.75, 3.05) is 13.2 Å². The molecule has 1 aliphatic heterocycles. The Balaban J connectivity index is 1.66. The summed E-state index contributed by atoms with van der Waals surface area (Å²) in [5.41, 5.74) is 2.56. The Morgan fingerprint density at radius 3 is 2.43 bits per heavy atom. The number of aliphatic imine (C=N–C) groups is 1. The molecule has 1 heterocycles. The van der Waals surface area contributed by atoms with Crippen molar-refractivity contribution < 1.29 is 9.47 Å². The van der Waals surface area contributed by atoms with Gasteiger partial charge in [-0.1, -0.05) is 30.3 Å². The summed E-state index contributed by atoms with van der Waals surface area (Å²) in [5.74, 6) is 0.902. The highest BCUT2D eigenvalue weighted by Crippen LogP contribution is 2.43. The molecule has 1 unspecified atom stereocenters. The topological polar surface area (TPSA) is 30.8 Å². The Morgan fingerprint density at radius 1 is 1.07 bits per heavy atom. The van der Waals surface area contributed by atoms with Crippen LogP contribution in [0.4, 0.5) is 0 Å². The predicted molar refractivity (Wildman–Crippen MR) is 117 cm³/mol. The first kappa shape index (κ1) is 20.6. The van der Waals surface area contributed by atoms with Crippen molar-refractivity contribution in [3.8, 4) is 5.75 Å². The van der Waals surface area contributed by atoms with E-state index in [2.05, 4.69) is 56.3 Å². The van der Waals surface area contributed by atoms with Gasteiger partial charge in [0.15, 0.2) is 0 Å². The minimum absolute atomic E-state index is 0.0932. The molecule has 0 radical (unpaired) electrons.